The second kappa shape index (κ2) is 4.87. The minimum atomic E-state index is -0.975. The summed E-state index contributed by atoms with van der Waals surface area (Å²) in [6.45, 7) is 2.07. The number of carbonyl (C=O) groups is 1. The number of aromatic carboxylic acids is 1. The third-order valence-corrected chi connectivity index (χ3v) is 2.49. The molecule has 1 N–H and O–H groups in total. The van der Waals surface area contributed by atoms with Crippen molar-refractivity contribution in [3.05, 3.63) is 41.3 Å². The predicted molar refractivity (Wildman–Crippen MR) is 63.8 cm³/mol. The molecule has 0 aliphatic heterocycles. The number of carboxylic acid groups (broad SMARTS) is 1. The molecule has 0 aliphatic rings. The standard InChI is InChI=1S/C12H13N3O3/c1-8-10(12(16)17)7-15(14-8)6-9-4-3-5-11(13-9)18-2/h3-5,7H,6H2,1-2H3,(H,16,17). The van der Waals surface area contributed by atoms with E-state index in [9.17, 15) is 4.79 Å². The van der Waals surface area contributed by atoms with E-state index in [0.29, 0.717) is 18.1 Å². The van der Waals surface area contributed by atoms with Gasteiger partial charge >= 0.3 is 5.97 Å². The molecule has 2 aromatic heterocycles. The molecule has 0 amide bonds. The Morgan fingerprint density at radius 3 is 2.89 bits per heavy atom. The second-order valence-electron chi connectivity index (χ2n) is 3.80. The van der Waals surface area contributed by atoms with Gasteiger partial charge in [-0.15, -0.1) is 0 Å². The Hall–Kier alpha value is -2.37. The monoisotopic (exact) mass is 247 g/mol. The summed E-state index contributed by atoms with van der Waals surface area (Å²) in [5.41, 5.74) is 1.46. The molecule has 0 unspecified atom stereocenters. The molecule has 0 spiro atoms. The van der Waals surface area contributed by atoms with Crippen LogP contribution in [-0.2, 0) is 6.54 Å². The average molecular weight is 247 g/mol. The molecule has 6 heteroatoms. The average Bonchev–Trinajstić information content (AvgIpc) is 2.70. The quantitative estimate of drug-likeness (QED) is 0.882. The lowest BCUT2D eigenvalue weighted by molar-refractivity contribution is 0.0696. The van der Waals surface area contributed by atoms with E-state index in [0.717, 1.165) is 5.69 Å². The van der Waals surface area contributed by atoms with E-state index in [1.807, 2.05) is 12.1 Å². The highest BCUT2D eigenvalue weighted by Crippen LogP contribution is 2.10. The number of pyridine rings is 1. The van der Waals surface area contributed by atoms with Crippen molar-refractivity contribution in [1.82, 2.24) is 14.8 Å². The maximum absolute atomic E-state index is 10.9. The van der Waals surface area contributed by atoms with Gasteiger partial charge in [-0.05, 0) is 13.0 Å². The van der Waals surface area contributed by atoms with Crippen LogP contribution in [-0.4, -0.2) is 33.0 Å². The summed E-state index contributed by atoms with van der Waals surface area (Å²) in [5, 5.41) is 13.1. The molecule has 2 heterocycles. The zero-order valence-electron chi connectivity index (χ0n) is 10.1. The first-order chi connectivity index (χ1) is 8.60. The third-order valence-electron chi connectivity index (χ3n) is 2.49. The summed E-state index contributed by atoms with van der Waals surface area (Å²) in [4.78, 5) is 15.1. The number of ether oxygens (including phenoxy) is 1. The first-order valence-electron chi connectivity index (χ1n) is 5.37. The van der Waals surface area contributed by atoms with Crippen molar-refractivity contribution in [3.8, 4) is 5.88 Å². The van der Waals surface area contributed by atoms with Gasteiger partial charge in [-0.3, -0.25) is 4.68 Å². The largest absolute Gasteiger partial charge is 0.481 e. The molecule has 2 aromatic rings. The summed E-state index contributed by atoms with van der Waals surface area (Å²) >= 11 is 0. The van der Waals surface area contributed by atoms with Gasteiger partial charge in [-0.25, -0.2) is 9.78 Å². The second-order valence-corrected chi connectivity index (χ2v) is 3.80. The molecule has 94 valence electrons. The van der Waals surface area contributed by atoms with Gasteiger partial charge in [0.25, 0.3) is 0 Å². The summed E-state index contributed by atoms with van der Waals surface area (Å²) in [6, 6.07) is 5.41. The van der Waals surface area contributed by atoms with Crippen molar-refractivity contribution in [1.29, 1.82) is 0 Å². The van der Waals surface area contributed by atoms with Crippen molar-refractivity contribution < 1.29 is 14.6 Å². The van der Waals surface area contributed by atoms with Crippen LogP contribution in [0.1, 0.15) is 21.7 Å². The van der Waals surface area contributed by atoms with Crippen LogP contribution in [0.3, 0.4) is 0 Å². The molecule has 0 atom stereocenters. The topological polar surface area (TPSA) is 77.2 Å². The normalized spacial score (nSPS) is 10.3. The molecule has 6 nitrogen and oxygen atoms in total. The predicted octanol–water partition coefficient (Wildman–Crippen LogP) is 1.34. The molecule has 0 bridgehead atoms. The van der Waals surface area contributed by atoms with E-state index in [4.69, 9.17) is 9.84 Å². The number of aryl methyl sites for hydroxylation is 1. The molecule has 0 saturated carbocycles. The van der Waals surface area contributed by atoms with Crippen LogP contribution in [0, 0.1) is 6.92 Å². The lowest BCUT2D eigenvalue weighted by atomic mass is 10.3. The van der Waals surface area contributed by atoms with Crippen LogP contribution in [0.25, 0.3) is 0 Å². The highest BCUT2D eigenvalue weighted by molar-refractivity contribution is 5.88. The summed E-state index contributed by atoms with van der Waals surface area (Å²) in [6.07, 6.45) is 1.50. The summed E-state index contributed by atoms with van der Waals surface area (Å²) in [5.74, 6) is -0.452. The smallest absolute Gasteiger partial charge is 0.339 e. The molecular formula is C12H13N3O3. The molecule has 0 aliphatic carbocycles. The first-order valence-corrected chi connectivity index (χ1v) is 5.37. The van der Waals surface area contributed by atoms with E-state index < -0.39 is 5.97 Å². The number of hydrogen-bond acceptors (Lipinski definition) is 4. The number of rotatable bonds is 4. The number of carboxylic acids is 1. The molecule has 0 radical (unpaired) electrons. The van der Waals surface area contributed by atoms with Crippen molar-refractivity contribution in [2.24, 2.45) is 0 Å². The highest BCUT2D eigenvalue weighted by atomic mass is 16.5. The molecule has 0 saturated heterocycles. The Morgan fingerprint density at radius 1 is 1.50 bits per heavy atom. The van der Waals surface area contributed by atoms with Crippen molar-refractivity contribution >= 4 is 5.97 Å². The van der Waals surface area contributed by atoms with Crippen LogP contribution >= 0.6 is 0 Å². The maximum Gasteiger partial charge on any atom is 0.339 e. The van der Waals surface area contributed by atoms with Gasteiger partial charge in [0.05, 0.1) is 25.0 Å². The highest BCUT2D eigenvalue weighted by Gasteiger charge is 2.12. The van der Waals surface area contributed by atoms with Crippen LogP contribution in [0.15, 0.2) is 24.4 Å². The number of aromatic nitrogens is 3. The third kappa shape index (κ3) is 2.48. The minimum Gasteiger partial charge on any atom is -0.481 e. The fraction of sp³-hybridized carbons (Fsp3) is 0.250. The van der Waals surface area contributed by atoms with Crippen LogP contribution in [0.4, 0.5) is 0 Å². The van der Waals surface area contributed by atoms with E-state index in [-0.39, 0.29) is 5.56 Å². The lowest BCUT2D eigenvalue weighted by Crippen LogP contribution is -2.03. The number of nitrogens with zero attached hydrogens (tertiary/aromatic N) is 3. The van der Waals surface area contributed by atoms with Crippen LogP contribution in [0.5, 0.6) is 5.88 Å². The Balaban J connectivity index is 2.23. The molecule has 0 fully saturated rings. The fourth-order valence-electron chi connectivity index (χ4n) is 1.63. The van der Waals surface area contributed by atoms with Crippen molar-refractivity contribution in [3.63, 3.8) is 0 Å². The lowest BCUT2D eigenvalue weighted by Gasteiger charge is -2.03. The van der Waals surface area contributed by atoms with Crippen molar-refractivity contribution in [2.75, 3.05) is 7.11 Å². The fourth-order valence-corrected chi connectivity index (χ4v) is 1.63. The van der Waals surface area contributed by atoms with Gasteiger partial charge in [0.1, 0.15) is 5.56 Å². The molecule has 0 aromatic carbocycles. The van der Waals surface area contributed by atoms with E-state index >= 15 is 0 Å². The van der Waals surface area contributed by atoms with E-state index in [1.165, 1.54) is 6.20 Å². The summed E-state index contributed by atoms with van der Waals surface area (Å²) < 4.78 is 6.58. The minimum absolute atomic E-state index is 0.206. The molecule has 2 rings (SSSR count). The molecule has 18 heavy (non-hydrogen) atoms. The van der Waals surface area contributed by atoms with Gasteiger partial charge < -0.3 is 9.84 Å². The first kappa shape index (κ1) is 12.1. The van der Waals surface area contributed by atoms with Gasteiger partial charge in [-0.1, -0.05) is 6.07 Å². The van der Waals surface area contributed by atoms with Gasteiger partial charge in [0, 0.05) is 12.3 Å². The van der Waals surface area contributed by atoms with Crippen LogP contribution in [0.2, 0.25) is 0 Å². The Kier molecular flexibility index (Phi) is 3.27. The maximum atomic E-state index is 10.9. The SMILES string of the molecule is COc1cccc(Cn2cc(C(=O)O)c(C)n2)n1. The van der Waals surface area contributed by atoms with Crippen molar-refractivity contribution in [2.45, 2.75) is 13.5 Å². The zero-order chi connectivity index (χ0) is 13.1. The van der Waals surface area contributed by atoms with E-state index in [1.54, 1.807) is 24.8 Å². The van der Waals surface area contributed by atoms with E-state index in [2.05, 4.69) is 10.1 Å². The Morgan fingerprint density at radius 2 is 2.28 bits per heavy atom. The van der Waals surface area contributed by atoms with Gasteiger partial charge in [0.2, 0.25) is 5.88 Å². The van der Waals surface area contributed by atoms with Crippen LogP contribution < -0.4 is 4.74 Å². The number of methoxy groups -OCH3 is 1. The Bertz CT molecular complexity index is 578. The van der Waals surface area contributed by atoms with Gasteiger partial charge in [0.15, 0.2) is 0 Å². The summed E-state index contributed by atoms with van der Waals surface area (Å²) in [7, 11) is 1.55. The zero-order valence-corrected chi connectivity index (χ0v) is 10.1. The molecular weight excluding hydrogens is 234 g/mol. The van der Waals surface area contributed by atoms with Gasteiger partial charge in [-0.2, -0.15) is 5.10 Å². The Labute approximate surface area is 104 Å². The number of hydrogen-bond donors (Lipinski definition) is 1.